The Hall–Kier alpha value is -1.43. The minimum Gasteiger partial charge on any atom is -0.492 e. The van der Waals surface area contributed by atoms with E-state index in [2.05, 4.69) is 5.32 Å². The van der Waals surface area contributed by atoms with Gasteiger partial charge in [-0.3, -0.25) is 0 Å². The first-order valence-corrected chi connectivity index (χ1v) is 6.88. The molecule has 0 aromatic carbocycles. The fraction of sp³-hybridized carbons (Fsp3) is 0.583. The Bertz CT molecular complexity index is 441. The highest BCUT2D eigenvalue weighted by molar-refractivity contribution is 7.19. The summed E-state index contributed by atoms with van der Waals surface area (Å²) in [5, 5.41) is 4.18. The lowest BCUT2D eigenvalue weighted by molar-refractivity contribution is 0.0533. The molecule has 0 spiro atoms. The van der Waals surface area contributed by atoms with Crippen molar-refractivity contribution in [1.29, 1.82) is 0 Å². The highest BCUT2D eigenvalue weighted by Crippen LogP contribution is 2.44. The van der Waals surface area contributed by atoms with Crippen LogP contribution in [0.4, 0.5) is 10.7 Å². The van der Waals surface area contributed by atoms with Gasteiger partial charge in [-0.25, -0.2) is 4.79 Å². The molecular weight excluding hydrogens is 252 g/mol. The van der Waals surface area contributed by atoms with Gasteiger partial charge in [0.15, 0.2) is 5.75 Å². The summed E-state index contributed by atoms with van der Waals surface area (Å²) in [6.45, 7) is 2.11. The van der Waals surface area contributed by atoms with E-state index in [1.165, 1.54) is 17.8 Å². The molecule has 1 heterocycles. The number of anilines is 2. The Kier molecular flexibility index (Phi) is 3.96. The highest BCUT2D eigenvalue weighted by atomic mass is 32.1. The number of methoxy groups -OCH3 is 1. The van der Waals surface area contributed by atoms with Crippen molar-refractivity contribution in [2.75, 3.05) is 24.8 Å². The van der Waals surface area contributed by atoms with Gasteiger partial charge in [0.1, 0.15) is 15.6 Å². The summed E-state index contributed by atoms with van der Waals surface area (Å²) in [6.07, 6.45) is 3.54. The second-order valence-corrected chi connectivity index (χ2v) is 5.22. The molecular formula is C12H18N2O3S. The van der Waals surface area contributed by atoms with Gasteiger partial charge in [0, 0.05) is 6.04 Å². The first-order chi connectivity index (χ1) is 8.67. The van der Waals surface area contributed by atoms with E-state index in [-0.39, 0.29) is 5.97 Å². The van der Waals surface area contributed by atoms with Crippen molar-refractivity contribution >= 4 is 28.0 Å². The molecule has 2 rings (SSSR count). The molecule has 1 aliphatic rings. The first kappa shape index (κ1) is 13.0. The monoisotopic (exact) mass is 270 g/mol. The van der Waals surface area contributed by atoms with Crippen LogP contribution in [0.25, 0.3) is 0 Å². The number of carbonyl (C=O) groups is 1. The fourth-order valence-corrected chi connectivity index (χ4v) is 2.87. The SMILES string of the molecule is CCOC(=O)c1sc(NC2CCC2)c(OC)c1N. The molecule has 100 valence electrons. The maximum absolute atomic E-state index is 11.7. The van der Waals surface area contributed by atoms with Crippen LogP contribution in [0.3, 0.4) is 0 Å². The van der Waals surface area contributed by atoms with E-state index in [1.807, 2.05) is 0 Å². The van der Waals surface area contributed by atoms with Crippen molar-refractivity contribution in [1.82, 2.24) is 0 Å². The zero-order chi connectivity index (χ0) is 13.1. The van der Waals surface area contributed by atoms with Crippen molar-refractivity contribution < 1.29 is 14.3 Å². The number of hydrogen-bond acceptors (Lipinski definition) is 6. The zero-order valence-corrected chi connectivity index (χ0v) is 11.4. The third-order valence-electron chi connectivity index (χ3n) is 3.00. The lowest BCUT2D eigenvalue weighted by atomic mass is 9.93. The minimum absolute atomic E-state index is 0.337. The number of nitrogens with one attached hydrogen (secondary N) is 1. The Labute approximate surface area is 110 Å². The van der Waals surface area contributed by atoms with E-state index in [1.54, 1.807) is 14.0 Å². The Morgan fingerprint density at radius 1 is 1.56 bits per heavy atom. The molecule has 3 N–H and O–H groups in total. The van der Waals surface area contributed by atoms with Crippen LogP contribution in [0.5, 0.6) is 5.75 Å². The maximum Gasteiger partial charge on any atom is 0.350 e. The third kappa shape index (κ3) is 2.38. The van der Waals surface area contributed by atoms with Gasteiger partial charge in [-0.1, -0.05) is 0 Å². The predicted octanol–water partition coefficient (Wildman–Crippen LogP) is 2.48. The van der Waals surface area contributed by atoms with E-state index < -0.39 is 0 Å². The van der Waals surface area contributed by atoms with Gasteiger partial charge in [0.05, 0.1) is 13.7 Å². The standard InChI is InChI=1S/C12H18N2O3S/c1-3-17-12(15)10-8(13)9(16-2)11(18-10)14-7-5-4-6-7/h7,14H,3-6,13H2,1-2H3. The third-order valence-corrected chi connectivity index (χ3v) is 4.10. The average Bonchev–Trinajstić information content (AvgIpc) is 2.60. The van der Waals surface area contributed by atoms with Crippen LogP contribution in [-0.2, 0) is 4.74 Å². The van der Waals surface area contributed by atoms with Gasteiger partial charge in [-0.15, -0.1) is 11.3 Å². The first-order valence-electron chi connectivity index (χ1n) is 6.07. The number of rotatable bonds is 5. The summed E-state index contributed by atoms with van der Waals surface area (Å²) in [6, 6.07) is 0.465. The number of thiophene rings is 1. The minimum atomic E-state index is -0.389. The van der Waals surface area contributed by atoms with Crippen LogP contribution in [0.15, 0.2) is 0 Å². The number of ether oxygens (including phenoxy) is 2. The van der Waals surface area contributed by atoms with Crippen molar-refractivity contribution in [3.63, 3.8) is 0 Å². The normalized spacial score (nSPS) is 15.0. The summed E-state index contributed by atoms with van der Waals surface area (Å²) < 4.78 is 10.2. The second kappa shape index (κ2) is 5.48. The van der Waals surface area contributed by atoms with E-state index in [9.17, 15) is 4.79 Å². The molecule has 0 atom stereocenters. The summed E-state index contributed by atoms with van der Waals surface area (Å²) in [5.41, 5.74) is 6.29. The van der Waals surface area contributed by atoms with Crippen LogP contribution >= 0.6 is 11.3 Å². The molecule has 6 heteroatoms. The summed E-state index contributed by atoms with van der Waals surface area (Å²) in [7, 11) is 1.55. The van der Waals surface area contributed by atoms with Gasteiger partial charge in [-0.2, -0.15) is 0 Å². The van der Waals surface area contributed by atoms with Crippen LogP contribution in [0.1, 0.15) is 35.9 Å². The molecule has 18 heavy (non-hydrogen) atoms. The molecule has 1 saturated carbocycles. The van der Waals surface area contributed by atoms with Crippen LogP contribution in [0.2, 0.25) is 0 Å². The average molecular weight is 270 g/mol. The second-order valence-electron chi connectivity index (χ2n) is 4.20. The van der Waals surface area contributed by atoms with Crippen molar-refractivity contribution in [3.05, 3.63) is 4.88 Å². The maximum atomic E-state index is 11.7. The smallest absolute Gasteiger partial charge is 0.350 e. The molecule has 0 bridgehead atoms. The molecule has 1 aromatic heterocycles. The van der Waals surface area contributed by atoms with Gasteiger partial charge in [0.2, 0.25) is 0 Å². The number of esters is 1. The van der Waals surface area contributed by atoms with Crippen molar-refractivity contribution in [2.24, 2.45) is 0 Å². The number of nitrogens with two attached hydrogens (primary N) is 1. The molecule has 0 aliphatic heterocycles. The summed E-state index contributed by atoms with van der Waals surface area (Å²) in [4.78, 5) is 12.2. The van der Waals surface area contributed by atoms with Crippen molar-refractivity contribution in [3.8, 4) is 5.75 Å². The molecule has 0 saturated heterocycles. The topological polar surface area (TPSA) is 73.6 Å². The van der Waals surface area contributed by atoms with E-state index in [0.717, 1.165) is 17.8 Å². The largest absolute Gasteiger partial charge is 0.492 e. The molecule has 1 aliphatic carbocycles. The van der Waals surface area contributed by atoms with Gasteiger partial charge >= 0.3 is 5.97 Å². The number of hydrogen-bond donors (Lipinski definition) is 2. The van der Waals surface area contributed by atoms with Crippen LogP contribution in [-0.4, -0.2) is 25.7 Å². The predicted molar refractivity (Wildman–Crippen MR) is 72.5 cm³/mol. The fourth-order valence-electron chi connectivity index (χ4n) is 1.81. The quantitative estimate of drug-likeness (QED) is 0.804. The van der Waals surface area contributed by atoms with Crippen LogP contribution < -0.4 is 15.8 Å². The Balaban J connectivity index is 2.22. The Morgan fingerprint density at radius 2 is 2.28 bits per heavy atom. The highest BCUT2D eigenvalue weighted by Gasteiger charge is 2.26. The molecule has 1 fully saturated rings. The molecule has 0 unspecified atom stereocenters. The van der Waals surface area contributed by atoms with Gasteiger partial charge in [-0.05, 0) is 26.2 Å². The molecule has 1 aromatic rings. The van der Waals surface area contributed by atoms with E-state index >= 15 is 0 Å². The van der Waals surface area contributed by atoms with E-state index in [4.69, 9.17) is 15.2 Å². The molecule has 0 radical (unpaired) electrons. The number of carbonyl (C=O) groups excluding carboxylic acids is 1. The van der Waals surface area contributed by atoms with Crippen LogP contribution in [0, 0.1) is 0 Å². The zero-order valence-electron chi connectivity index (χ0n) is 10.6. The summed E-state index contributed by atoms with van der Waals surface area (Å²) in [5.74, 6) is 0.162. The summed E-state index contributed by atoms with van der Waals surface area (Å²) >= 11 is 1.30. The lowest BCUT2D eigenvalue weighted by Gasteiger charge is -2.26. The Morgan fingerprint density at radius 3 is 2.78 bits per heavy atom. The van der Waals surface area contributed by atoms with Gasteiger partial charge < -0.3 is 20.5 Å². The molecule has 5 nitrogen and oxygen atoms in total. The molecule has 0 amide bonds. The van der Waals surface area contributed by atoms with E-state index in [0.29, 0.717) is 29.0 Å². The lowest BCUT2D eigenvalue weighted by Crippen LogP contribution is -2.26. The van der Waals surface area contributed by atoms with Crippen molar-refractivity contribution in [2.45, 2.75) is 32.2 Å². The number of nitrogen functional groups attached to an aromatic ring is 1. The van der Waals surface area contributed by atoms with Gasteiger partial charge in [0.25, 0.3) is 0 Å².